The fourth-order valence-corrected chi connectivity index (χ4v) is 0.983. The molecule has 0 heterocycles. The molecule has 1 radical (unpaired) electrons. The van der Waals surface area contributed by atoms with Gasteiger partial charge in [-0.1, -0.05) is 19.6 Å². The average Bonchev–Trinajstić information content (AvgIpc) is 1.59. The molecular weight excluding hydrogens is 213 g/mol. The first-order valence-corrected chi connectivity index (χ1v) is 6.35. The molecule has 55 valence electrons. The van der Waals surface area contributed by atoms with E-state index in [2.05, 4.69) is 38.0 Å². The van der Waals surface area contributed by atoms with E-state index in [9.17, 15) is 0 Å². The molecule has 0 fully saturated rings. The molecule has 0 aromatic heterocycles. The summed E-state index contributed by atoms with van der Waals surface area (Å²) in [4.78, 5) is 0. The topological polar surface area (TPSA) is 0 Å². The SMILES string of the molecule is [CH2]CC#C[Si](C)(C)C.[Cl-].[Zn]. The Morgan fingerprint density at radius 2 is 1.70 bits per heavy atom. The minimum Gasteiger partial charge on any atom is -1.00 e. The van der Waals surface area contributed by atoms with E-state index in [1.807, 2.05) is 0 Å². The molecule has 3 heteroatoms. The van der Waals surface area contributed by atoms with Gasteiger partial charge in [0.15, 0.2) is 0 Å². The summed E-state index contributed by atoms with van der Waals surface area (Å²) in [5.74, 6) is 2.99. The second kappa shape index (κ2) is 7.79. The number of halogens is 1. The van der Waals surface area contributed by atoms with E-state index < -0.39 is 8.07 Å². The maximum atomic E-state index is 3.64. The fraction of sp³-hybridized carbons (Fsp3) is 0.571. The largest absolute Gasteiger partial charge is 1.00 e. The maximum Gasteiger partial charge on any atom is 0.129 e. The van der Waals surface area contributed by atoms with Crippen LogP contribution in [0.2, 0.25) is 19.6 Å². The summed E-state index contributed by atoms with van der Waals surface area (Å²) in [6, 6.07) is 0. The van der Waals surface area contributed by atoms with Crippen molar-refractivity contribution in [2.75, 3.05) is 0 Å². The smallest absolute Gasteiger partial charge is 0.129 e. The minimum absolute atomic E-state index is 0. The van der Waals surface area contributed by atoms with E-state index in [1.54, 1.807) is 0 Å². The van der Waals surface area contributed by atoms with Gasteiger partial charge in [-0.05, 0) is 6.92 Å². The summed E-state index contributed by atoms with van der Waals surface area (Å²) in [5, 5.41) is 0. The summed E-state index contributed by atoms with van der Waals surface area (Å²) in [5.41, 5.74) is 3.20. The van der Waals surface area contributed by atoms with Gasteiger partial charge in [-0.15, -0.1) is 11.5 Å². The molecular formula is C7H13ClSiZn-. The number of rotatable bonds is 0. The zero-order valence-electron chi connectivity index (χ0n) is 7.00. The van der Waals surface area contributed by atoms with Crippen molar-refractivity contribution in [1.29, 1.82) is 0 Å². The maximum absolute atomic E-state index is 3.64. The fourth-order valence-electron chi connectivity index (χ4n) is 0.328. The van der Waals surface area contributed by atoms with Gasteiger partial charge in [0.1, 0.15) is 8.07 Å². The van der Waals surface area contributed by atoms with E-state index in [-0.39, 0.29) is 31.9 Å². The van der Waals surface area contributed by atoms with Crippen molar-refractivity contribution in [3.63, 3.8) is 0 Å². The van der Waals surface area contributed by atoms with Gasteiger partial charge in [0.05, 0.1) is 0 Å². The van der Waals surface area contributed by atoms with Crippen LogP contribution in [-0.4, -0.2) is 8.07 Å². The molecule has 0 spiro atoms. The summed E-state index contributed by atoms with van der Waals surface area (Å²) < 4.78 is 0. The summed E-state index contributed by atoms with van der Waals surface area (Å²) in [6.45, 7) is 10.3. The molecule has 0 unspecified atom stereocenters. The monoisotopic (exact) mass is 224 g/mol. The zero-order valence-corrected chi connectivity index (χ0v) is 11.7. The molecule has 10 heavy (non-hydrogen) atoms. The molecule has 0 aliphatic rings. The predicted octanol–water partition coefficient (Wildman–Crippen LogP) is -0.907. The van der Waals surface area contributed by atoms with Crippen molar-refractivity contribution in [1.82, 2.24) is 0 Å². The van der Waals surface area contributed by atoms with Crippen LogP contribution < -0.4 is 12.4 Å². The second-order valence-corrected chi connectivity index (χ2v) is 7.55. The number of hydrogen-bond donors (Lipinski definition) is 0. The third-order valence-electron chi connectivity index (χ3n) is 0.588. The third kappa shape index (κ3) is 15.9. The molecule has 0 nitrogen and oxygen atoms in total. The molecule has 0 aliphatic heterocycles. The van der Waals surface area contributed by atoms with E-state index in [1.165, 1.54) is 0 Å². The van der Waals surface area contributed by atoms with Gasteiger partial charge in [-0.25, -0.2) is 0 Å². The van der Waals surface area contributed by atoms with Crippen molar-refractivity contribution in [3.05, 3.63) is 6.92 Å². The molecule has 0 bridgehead atoms. The Kier molecular flexibility index (Phi) is 13.2. The van der Waals surface area contributed by atoms with Crippen LogP contribution in [0.3, 0.4) is 0 Å². The molecule has 0 aliphatic carbocycles. The van der Waals surface area contributed by atoms with Crippen LogP contribution in [0, 0.1) is 18.4 Å². The van der Waals surface area contributed by atoms with E-state index in [0.717, 1.165) is 6.42 Å². The van der Waals surface area contributed by atoms with Crippen molar-refractivity contribution in [3.8, 4) is 11.5 Å². The van der Waals surface area contributed by atoms with Gasteiger partial charge >= 0.3 is 0 Å². The second-order valence-electron chi connectivity index (χ2n) is 2.80. The summed E-state index contributed by atoms with van der Waals surface area (Å²) in [6.07, 6.45) is 0.754. The Hall–Kier alpha value is 0.690. The van der Waals surface area contributed by atoms with Gasteiger partial charge in [0, 0.05) is 25.9 Å². The Morgan fingerprint density at radius 1 is 1.30 bits per heavy atom. The van der Waals surface area contributed by atoms with Crippen LogP contribution in [0.1, 0.15) is 6.42 Å². The van der Waals surface area contributed by atoms with Crippen molar-refractivity contribution >= 4 is 8.07 Å². The first-order chi connectivity index (χ1) is 3.56. The van der Waals surface area contributed by atoms with Crippen molar-refractivity contribution in [2.45, 2.75) is 26.1 Å². The minimum atomic E-state index is -1.08. The molecule has 0 atom stereocenters. The van der Waals surface area contributed by atoms with E-state index >= 15 is 0 Å². The Balaban J connectivity index is -0.000000245. The summed E-state index contributed by atoms with van der Waals surface area (Å²) >= 11 is 0. The van der Waals surface area contributed by atoms with Gasteiger partial charge in [-0.2, -0.15) is 0 Å². The van der Waals surface area contributed by atoms with Crippen LogP contribution >= 0.6 is 0 Å². The standard InChI is InChI=1S/C7H13Si.ClH.Zn/c1-5-6-7-8(2,3)4;;/h1,5H2,2-4H3;1H;/p-1. The van der Waals surface area contributed by atoms with Crippen LogP contribution in [0.25, 0.3) is 0 Å². The number of hydrogen-bond acceptors (Lipinski definition) is 0. The van der Waals surface area contributed by atoms with Gasteiger partial charge < -0.3 is 12.4 Å². The normalized spacial score (nSPS) is 8.00. The van der Waals surface area contributed by atoms with Crippen LogP contribution in [0.5, 0.6) is 0 Å². The van der Waals surface area contributed by atoms with Crippen LogP contribution in [0.4, 0.5) is 0 Å². The van der Waals surface area contributed by atoms with E-state index in [0.29, 0.717) is 0 Å². The first kappa shape index (κ1) is 17.0. The molecule has 0 amide bonds. The Morgan fingerprint density at radius 3 is 1.80 bits per heavy atom. The third-order valence-corrected chi connectivity index (χ3v) is 1.52. The quantitative estimate of drug-likeness (QED) is 0.370. The molecule has 0 N–H and O–H groups in total. The first-order valence-electron chi connectivity index (χ1n) is 2.85. The molecule has 0 saturated heterocycles. The van der Waals surface area contributed by atoms with E-state index in [4.69, 9.17) is 0 Å². The van der Waals surface area contributed by atoms with Crippen LogP contribution in [-0.2, 0) is 19.5 Å². The molecule has 0 aromatic carbocycles. The Labute approximate surface area is 84.3 Å². The predicted molar refractivity (Wildman–Crippen MR) is 41.1 cm³/mol. The van der Waals surface area contributed by atoms with Gasteiger partial charge in [0.25, 0.3) is 0 Å². The summed E-state index contributed by atoms with van der Waals surface area (Å²) in [7, 11) is -1.08. The zero-order chi connectivity index (χ0) is 6.62. The van der Waals surface area contributed by atoms with Crippen molar-refractivity contribution in [2.24, 2.45) is 0 Å². The Bertz CT molecular complexity index is 118. The molecule has 0 aromatic rings. The molecule has 0 rings (SSSR count). The van der Waals surface area contributed by atoms with Gasteiger partial charge in [-0.3, -0.25) is 0 Å². The van der Waals surface area contributed by atoms with Crippen LogP contribution in [0.15, 0.2) is 0 Å². The average molecular weight is 226 g/mol. The molecule has 0 saturated carbocycles. The van der Waals surface area contributed by atoms with Crippen molar-refractivity contribution < 1.29 is 31.9 Å². The van der Waals surface area contributed by atoms with Gasteiger partial charge in [0.2, 0.25) is 0 Å².